The lowest BCUT2D eigenvalue weighted by Crippen LogP contribution is -2.23. The summed E-state index contributed by atoms with van der Waals surface area (Å²) in [4.78, 5) is 10.2. The fourth-order valence-electron chi connectivity index (χ4n) is 7.83. The molecule has 0 N–H and O–H groups in total. The Labute approximate surface area is 296 Å². The first-order chi connectivity index (χ1) is 24.0. The molecule has 0 atom stereocenters. The molecule has 0 saturated heterocycles. The Bertz CT molecular complexity index is 2380. The number of hydrogen-bond acceptors (Lipinski definition) is 4. The summed E-state index contributed by atoms with van der Waals surface area (Å²) in [5.74, 6) is 0. The van der Waals surface area contributed by atoms with Crippen molar-refractivity contribution in [2.45, 2.75) is 38.8 Å². The van der Waals surface area contributed by atoms with Crippen molar-refractivity contribution in [2.75, 3.05) is 9.80 Å². The lowest BCUT2D eigenvalue weighted by molar-refractivity contribution is 0.657. The van der Waals surface area contributed by atoms with E-state index in [1.54, 1.807) is 0 Å². The van der Waals surface area contributed by atoms with Crippen LogP contribution in [0.1, 0.15) is 25.0 Å². The van der Waals surface area contributed by atoms with E-state index in [1.165, 1.54) is 64.3 Å². The van der Waals surface area contributed by atoms with E-state index in [0.29, 0.717) is 0 Å². The van der Waals surface area contributed by atoms with Crippen molar-refractivity contribution in [1.82, 2.24) is 0 Å². The van der Waals surface area contributed by atoms with E-state index in [9.17, 15) is 0 Å². The van der Waals surface area contributed by atoms with E-state index < -0.39 is 0 Å². The van der Waals surface area contributed by atoms with Crippen LogP contribution in [0.4, 0.5) is 34.1 Å². The third kappa shape index (κ3) is 4.44. The van der Waals surface area contributed by atoms with Gasteiger partial charge in [0.2, 0.25) is 0 Å². The van der Waals surface area contributed by atoms with Crippen LogP contribution in [0.5, 0.6) is 0 Å². The highest BCUT2D eigenvalue weighted by molar-refractivity contribution is 8.05. The fourth-order valence-corrected chi connectivity index (χ4v) is 10.1. The summed E-state index contributed by atoms with van der Waals surface area (Å²) >= 11 is 3.80. The van der Waals surface area contributed by atoms with Crippen LogP contribution < -0.4 is 9.80 Å². The van der Waals surface area contributed by atoms with Gasteiger partial charge in [-0.1, -0.05) is 116 Å². The molecule has 2 nitrogen and oxygen atoms in total. The Morgan fingerprint density at radius 1 is 0.388 bits per heavy atom. The molecule has 0 aromatic heterocycles. The van der Waals surface area contributed by atoms with E-state index in [1.807, 2.05) is 23.5 Å². The Morgan fingerprint density at radius 2 is 0.857 bits per heavy atom. The number of hydrogen-bond donors (Lipinski definition) is 0. The van der Waals surface area contributed by atoms with Gasteiger partial charge in [-0.25, -0.2) is 0 Å². The predicted molar refractivity (Wildman–Crippen MR) is 207 cm³/mol. The molecule has 1 aliphatic carbocycles. The second kappa shape index (κ2) is 10.9. The molecule has 7 aromatic rings. The van der Waals surface area contributed by atoms with Crippen LogP contribution >= 0.6 is 23.5 Å². The van der Waals surface area contributed by atoms with Gasteiger partial charge in [0.1, 0.15) is 0 Å². The number of benzene rings is 7. The first-order valence-electron chi connectivity index (χ1n) is 16.8. The molecular weight excluding hydrogens is 633 g/mol. The number of rotatable bonds is 3. The highest BCUT2D eigenvalue weighted by Gasteiger charge is 2.37. The lowest BCUT2D eigenvalue weighted by atomic mass is 9.82. The van der Waals surface area contributed by atoms with Gasteiger partial charge in [0, 0.05) is 36.4 Å². The highest BCUT2D eigenvalue weighted by Crippen LogP contribution is 2.57. The van der Waals surface area contributed by atoms with Gasteiger partial charge >= 0.3 is 0 Å². The van der Waals surface area contributed by atoms with Gasteiger partial charge in [0.05, 0.1) is 22.7 Å². The zero-order valence-corrected chi connectivity index (χ0v) is 28.9. The van der Waals surface area contributed by atoms with Crippen molar-refractivity contribution in [3.05, 3.63) is 169 Å². The maximum atomic E-state index is 2.46. The van der Waals surface area contributed by atoms with Gasteiger partial charge in [-0.3, -0.25) is 0 Å². The summed E-state index contributed by atoms with van der Waals surface area (Å²) in [5.41, 5.74) is 14.9. The number of anilines is 6. The minimum atomic E-state index is -0.0487. The Hall–Kier alpha value is -5.16. The second-order valence-corrected chi connectivity index (χ2v) is 15.6. The third-order valence-electron chi connectivity index (χ3n) is 10.2. The minimum Gasteiger partial charge on any atom is -0.306 e. The molecule has 0 unspecified atom stereocenters. The van der Waals surface area contributed by atoms with E-state index in [4.69, 9.17) is 0 Å². The molecule has 3 aliphatic rings. The summed E-state index contributed by atoms with van der Waals surface area (Å²) in [6, 6.07) is 57.9. The molecule has 10 rings (SSSR count). The summed E-state index contributed by atoms with van der Waals surface area (Å²) in [6.07, 6.45) is 0. The smallest absolute Gasteiger partial charge is 0.0703 e. The molecule has 234 valence electrons. The van der Waals surface area contributed by atoms with Gasteiger partial charge in [-0.2, -0.15) is 0 Å². The average molecular weight is 665 g/mol. The van der Waals surface area contributed by atoms with Gasteiger partial charge < -0.3 is 9.80 Å². The van der Waals surface area contributed by atoms with Crippen molar-refractivity contribution < 1.29 is 0 Å². The third-order valence-corrected chi connectivity index (χ3v) is 12.8. The molecule has 0 amide bonds. The Balaban J connectivity index is 1.03. The number of para-hydroxylation sites is 5. The zero-order chi connectivity index (χ0) is 32.7. The van der Waals surface area contributed by atoms with Crippen LogP contribution in [0, 0.1) is 0 Å². The monoisotopic (exact) mass is 664 g/mol. The van der Waals surface area contributed by atoms with Crippen LogP contribution in [0.3, 0.4) is 0 Å². The molecule has 2 aliphatic heterocycles. The summed E-state index contributed by atoms with van der Waals surface area (Å²) < 4.78 is 0. The fraction of sp³-hybridized carbons (Fsp3) is 0.0667. The molecule has 0 spiro atoms. The molecule has 4 heteroatoms. The van der Waals surface area contributed by atoms with Crippen molar-refractivity contribution >= 4 is 57.6 Å². The lowest BCUT2D eigenvalue weighted by Gasteiger charge is -2.40. The Morgan fingerprint density at radius 3 is 1.45 bits per heavy atom. The van der Waals surface area contributed by atoms with Crippen molar-refractivity contribution in [1.29, 1.82) is 0 Å². The zero-order valence-electron chi connectivity index (χ0n) is 27.2. The van der Waals surface area contributed by atoms with Crippen LogP contribution in [0.25, 0.3) is 22.3 Å². The minimum absolute atomic E-state index is 0.0487. The maximum Gasteiger partial charge on any atom is 0.0703 e. The first-order valence-corrected chi connectivity index (χ1v) is 18.4. The van der Waals surface area contributed by atoms with E-state index in [0.717, 1.165) is 22.7 Å². The highest BCUT2D eigenvalue weighted by atomic mass is 32.2. The molecule has 0 saturated carbocycles. The SMILES string of the molecule is CC1(C)c2ccc(-c3ccc(N4c5ccccc5N(c5ccccc5)c5ccccc54)cc3)cc2-c2cc3c(cc21)Sc1ccccc1S3. The second-order valence-electron chi connectivity index (χ2n) is 13.4. The van der Waals surface area contributed by atoms with Crippen LogP contribution in [0.2, 0.25) is 0 Å². The van der Waals surface area contributed by atoms with Crippen LogP contribution in [-0.2, 0) is 5.41 Å². The maximum absolute atomic E-state index is 2.46. The molecular formula is C45H32N2S2. The number of fused-ring (bicyclic) bond motifs is 7. The van der Waals surface area contributed by atoms with Crippen LogP contribution in [0.15, 0.2) is 177 Å². The molecule has 0 fully saturated rings. The molecule has 2 heterocycles. The number of nitrogens with zero attached hydrogens (tertiary/aromatic N) is 2. The summed E-state index contributed by atoms with van der Waals surface area (Å²) in [7, 11) is 0. The van der Waals surface area contributed by atoms with Crippen molar-refractivity contribution in [3.8, 4) is 22.3 Å². The Kier molecular flexibility index (Phi) is 6.43. The van der Waals surface area contributed by atoms with Crippen molar-refractivity contribution in [2.24, 2.45) is 0 Å². The van der Waals surface area contributed by atoms with Gasteiger partial charge in [-0.05, 0) is 112 Å². The van der Waals surface area contributed by atoms with E-state index in [2.05, 4.69) is 181 Å². The van der Waals surface area contributed by atoms with Gasteiger partial charge in [-0.15, -0.1) is 0 Å². The predicted octanol–water partition coefficient (Wildman–Crippen LogP) is 13.5. The van der Waals surface area contributed by atoms with Crippen molar-refractivity contribution in [3.63, 3.8) is 0 Å². The molecule has 0 radical (unpaired) electrons. The summed E-state index contributed by atoms with van der Waals surface area (Å²) in [5, 5.41) is 0. The van der Waals surface area contributed by atoms with E-state index >= 15 is 0 Å². The topological polar surface area (TPSA) is 6.48 Å². The summed E-state index contributed by atoms with van der Waals surface area (Å²) in [6.45, 7) is 4.75. The van der Waals surface area contributed by atoms with Crippen LogP contribution in [-0.4, -0.2) is 0 Å². The largest absolute Gasteiger partial charge is 0.306 e. The first kappa shape index (κ1) is 28.8. The molecule has 49 heavy (non-hydrogen) atoms. The average Bonchev–Trinajstić information content (AvgIpc) is 3.36. The quantitative estimate of drug-likeness (QED) is 0.185. The standard InChI is InChI=1S/C45H32N2S2/c1-45(2)35-25-22-30(26-33(35)34-27-43-44(28-36(34)45)49-42-19-11-10-18-41(42)48-43)29-20-23-32(24-21-29)47-39-16-8-6-14-37(39)46(31-12-4-3-5-13-31)38-15-7-9-17-40(38)47/h3-28H,1-2H3. The van der Waals surface area contributed by atoms with Gasteiger partial charge in [0.15, 0.2) is 0 Å². The normalized spacial score (nSPS) is 14.7. The van der Waals surface area contributed by atoms with Gasteiger partial charge in [0.25, 0.3) is 0 Å². The van der Waals surface area contributed by atoms with E-state index in [-0.39, 0.29) is 5.41 Å². The molecule has 0 bridgehead atoms. The molecule has 7 aromatic carbocycles.